The Labute approximate surface area is 109 Å². The van der Waals surface area contributed by atoms with Crippen LogP contribution in [0.4, 0.5) is 13.2 Å². The molecule has 0 aliphatic rings. The Morgan fingerprint density at radius 1 is 1.26 bits per heavy atom. The standard InChI is InChI=1S/C11H14F3NO3S/c1-8(7-18-2)15-19(16,17)10-5-3-9(4-6-10)11(12,13)14/h3-6,8,15H,7H2,1-2H3/t8-/m0/s1. The molecule has 1 rings (SSSR count). The van der Waals surface area contributed by atoms with Gasteiger partial charge in [0, 0.05) is 13.2 Å². The number of nitrogens with one attached hydrogen (secondary N) is 1. The normalized spacial score (nSPS) is 14.4. The monoisotopic (exact) mass is 297 g/mol. The zero-order chi connectivity index (χ0) is 14.7. The minimum Gasteiger partial charge on any atom is -0.383 e. The number of halogens is 3. The second kappa shape index (κ2) is 5.89. The smallest absolute Gasteiger partial charge is 0.383 e. The van der Waals surface area contributed by atoms with Gasteiger partial charge in [0.15, 0.2) is 0 Å². The zero-order valence-electron chi connectivity index (χ0n) is 10.4. The molecule has 0 saturated carbocycles. The largest absolute Gasteiger partial charge is 0.416 e. The Balaban J connectivity index is 2.91. The lowest BCUT2D eigenvalue weighted by atomic mass is 10.2. The van der Waals surface area contributed by atoms with E-state index in [0.29, 0.717) is 0 Å². The number of rotatable bonds is 5. The molecule has 0 amide bonds. The summed E-state index contributed by atoms with van der Waals surface area (Å²) < 4.78 is 67.8. The van der Waals surface area contributed by atoms with Gasteiger partial charge in [0.2, 0.25) is 10.0 Å². The van der Waals surface area contributed by atoms with Gasteiger partial charge in [0.25, 0.3) is 0 Å². The van der Waals surface area contributed by atoms with Crippen LogP contribution in [0.2, 0.25) is 0 Å². The minimum atomic E-state index is -4.49. The van der Waals surface area contributed by atoms with Crippen molar-refractivity contribution in [1.29, 1.82) is 0 Å². The Bertz CT molecular complexity index is 511. The summed E-state index contributed by atoms with van der Waals surface area (Å²) in [5, 5.41) is 0. The van der Waals surface area contributed by atoms with Crippen LogP contribution in [0.5, 0.6) is 0 Å². The lowest BCUT2D eigenvalue weighted by Crippen LogP contribution is -2.35. The highest BCUT2D eigenvalue weighted by Crippen LogP contribution is 2.29. The van der Waals surface area contributed by atoms with Gasteiger partial charge in [-0.05, 0) is 31.2 Å². The Kier molecular flexibility index (Phi) is 4.94. The van der Waals surface area contributed by atoms with E-state index in [1.54, 1.807) is 6.92 Å². The Morgan fingerprint density at radius 3 is 2.21 bits per heavy atom. The molecule has 0 spiro atoms. The molecular weight excluding hydrogens is 283 g/mol. The Morgan fingerprint density at radius 2 is 1.79 bits per heavy atom. The van der Waals surface area contributed by atoms with Crippen LogP contribution < -0.4 is 4.72 Å². The molecule has 0 aliphatic heterocycles. The van der Waals surface area contributed by atoms with Crippen LogP contribution in [0.25, 0.3) is 0 Å². The number of hydrogen-bond donors (Lipinski definition) is 1. The van der Waals surface area contributed by atoms with Crippen LogP contribution in [0.1, 0.15) is 12.5 Å². The van der Waals surface area contributed by atoms with Gasteiger partial charge in [-0.2, -0.15) is 13.2 Å². The maximum absolute atomic E-state index is 12.3. The number of methoxy groups -OCH3 is 1. The van der Waals surface area contributed by atoms with Crippen molar-refractivity contribution in [1.82, 2.24) is 4.72 Å². The van der Waals surface area contributed by atoms with Gasteiger partial charge in [-0.15, -0.1) is 0 Å². The van der Waals surface area contributed by atoms with Crippen molar-refractivity contribution >= 4 is 10.0 Å². The molecule has 0 unspecified atom stereocenters. The first kappa shape index (κ1) is 15.9. The lowest BCUT2D eigenvalue weighted by molar-refractivity contribution is -0.137. The summed E-state index contributed by atoms with van der Waals surface area (Å²) >= 11 is 0. The van der Waals surface area contributed by atoms with Crippen LogP contribution in [0, 0.1) is 0 Å². The average Bonchev–Trinajstić information content (AvgIpc) is 2.27. The quantitative estimate of drug-likeness (QED) is 0.904. The summed E-state index contributed by atoms with van der Waals surface area (Å²) in [5.41, 5.74) is -0.892. The van der Waals surface area contributed by atoms with Gasteiger partial charge in [0.1, 0.15) is 0 Å². The number of sulfonamides is 1. The highest BCUT2D eigenvalue weighted by Gasteiger charge is 2.30. The van der Waals surface area contributed by atoms with Gasteiger partial charge in [0.05, 0.1) is 17.1 Å². The first-order valence-electron chi connectivity index (χ1n) is 5.35. The third kappa shape index (κ3) is 4.48. The van der Waals surface area contributed by atoms with Crippen LogP contribution >= 0.6 is 0 Å². The van der Waals surface area contributed by atoms with Crippen LogP contribution in [-0.2, 0) is 20.9 Å². The molecular formula is C11H14F3NO3S. The van der Waals surface area contributed by atoms with Crippen molar-refractivity contribution in [2.24, 2.45) is 0 Å². The maximum Gasteiger partial charge on any atom is 0.416 e. The molecule has 8 heteroatoms. The summed E-state index contributed by atoms with van der Waals surface area (Å²) in [6, 6.07) is 2.83. The molecule has 0 saturated heterocycles. The fraction of sp³-hybridized carbons (Fsp3) is 0.455. The van der Waals surface area contributed by atoms with E-state index in [9.17, 15) is 21.6 Å². The van der Waals surface area contributed by atoms with E-state index in [1.165, 1.54) is 7.11 Å². The van der Waals surface area contributed by atoms with E-state index in [-0.39, 0.29) is 11.5 Å². The molecule has 1 atom stereocenters. The van der Waals surface area contributed by atoms with Gasteiger partial charge in [-0.3, -0.25) is 0 Å². The number of alkyl halides is 3. The summed E-state index contributed by atoms with van der Waals surface area (Å²) in [7, 11) is -2.42. The summed E-state index contributed by atoms with van der Waals surface area (Å²) in [6.07, 6.45) is -4.49. The van der Waals surface area contributed by atoms with Crippen molar-refractivity contribution in [2.45, 2.75) is 24.0 Å². The topological polar surface area (TPSA) is 55.4 Å². The second-order valence-electron chi connectivity index (χ2n) is 4.00. The fourth-order valence-electron chi connectivity index (χ4n) is 1.44. The molecule has 0 aromatic heterocycles. The molecule has 0 heterocycles. The van der Waals surface area contributed by atoms with Crippen LogP contribution in [0.3, 0.4) is 0 Å². The third-order valence-electron chi connectivity index (χ3n) is 2.26. The first-order chi connectivity index (χ1) is 8.66. The number of benzene rings is 1. The van der Waals surface area contributed by atoms with Gasteiger partial charge in [-0.1, -0.05) is 0 Å². The molecule has 1 aromatic rings. The van der Waals surface area contributed by atoms with Crippen molar-refractivity contribution < 1.29 is 26.3 Å². The van der Waals surface area contributed by atoms with E-state index in [2.05, 4.69) is 4.72 Å². The predicted molar refractivity (Wildman–Crippen MR) is 63.1 cm³/mol. The summed E-state index contributed by atoms with van der Waals surface area (Å²) in [5.74, 6) is 0. The molecule has 0 aliphatic carbocycles. The van der Waals surface area contributed by atoms with Crippen molar-refractivity contribution in [3.63, 3.8) is 0 Å². The van der Waals surface area contributed by atoms with Crippen molar-refractivity contribution in [3.05, 3.63) is 29.8 Å². The lowest BCUT2D eigenvalue weighted by Gasteiger charge is -2.13. The highest BCUT2D eigenvalue weighted by molar-refractivity contribution is 7.89. The molecule has 4 nitrogen and oxygen atoms in total. The Hall–Kier alpha value is -1.12. The summed E-state index contributed by atoms with van der Waals surface area (Å²) in [4.78, 5) is -0.219. The van der Waals surface area contributed by atoms with E-state index in [1.807, 2.05) is 0 Å². The maximum atomic E-state index is 12.3. The molecule has 19 heavy (non-hydrogen) atoms. The highest BCUT2D eigenvalue weighted by atomic mass is 32.2. The molecule has 0 radical (unpaired) electrons. The van der Waals surface area contributed by atoms with Gasteiger partial charge in [-0.25, -0.2) is 13.1 Å². The number of hydrogen-bond acceptors (Lipinski definition) is 3. The SMILES string of the molecule is COC[C@H](C)NS(=O)(=O)c1ccc(C(F)(F)F)cc1. The second-order valence-corrected chi connectivity index (χ2v) is 5.71. The first-order valence-corrected chi connectivity index (χ1v) is 6.83. The van der Waals surface area contributed by atoms with Crippen LogP contribution in [0.15, 0.2) is 29.2 Å². The van der Waals surface area contributed by atoms with Crippen LogP contribution in [-0.4, -0.2) is 28.2 Å². The third-order valence-corrected chi connectivity index (χ3v) is 3.87. The fourth-order valence-corrected chi connectivity index (χ4v) is 2.67. The molecule has 1 N–H and O–H groups in total. The van der Waals surface area contributed by atoms with Crippen molar-refractivity contribution in [2.75, 3.05) is 13.7 Å². The molecule has 108 valence electrons. The van der Waals surface area contributed by atoms with Gasteiger partial charge < -0.3 is 4.74 Å². The van der Waals surface area contributed by atoms with E-state index in [4.69, 9.17) is 4.74 Å². The van der Waals surface area contributed by atoms with E-state index >= 15 is 0 Å². The average molecular weight is 297 g/mol. The molecule has 0 bridgehead atoms. The predicted octanol–water partition coefficient (Wildman–Crippen LogP) is 2.02. The summed E-state index contributed by atoms with van der Waals surface area (Å²) in [6.45, 7) is 1.75. The number of ether oxygens (including phenoxy) is 1. The minimum absolute atomic E-state index is 0.167. The molecule has 0 fully saturated rings. The zero-order valence-corrected chi connectivity index (χ0v) is 11.2. The van der Waals surface area contributed by atoms with Crippen molar-refractivity contribution in [3.8, 4) is 0 Å². The molecule has 1 aromatic carbocycles. The van der Waals surface area contributed by atoms with E-state index < -0.39 is 27.8 Å². The van der Waals surface area contributed by atoms with E-state index in [0.717, 1.165) is 24.3 Å². The van der Waals surface area contributed by atoms with Gasteiger partial charge >= 0.3 is 6.18 Å².